The molecule has 1 heterocycles. The number of amides is 2. The average molecular weight is 488 g/mol. The highest BCUT2D eigenvalue weighted by Gasteiger charge is 2.40. The van der Waals surface area contributed by atoms with E-state index in [4.69, 9.17) is 11.6 Å². The first-order chi connectivity index (χ1) is 16.4. The number of hydrogen-bond acceptors (Lipinski definition) is 4. The van der Waals surface area contributed by atoms with Gasteiger partial charge in [0.25, 0.3) is 5.91 Å². The van der Waals surface area contributed by atoms with Crippen molar-refractivity contribution in [2.45, 2.75) is 25.5 Å². The summed E-state index contributed by atoms with van der Waals surface area (Å²) >= 11 is 7.51. The highest BCUT2D eigenvalue weighted by atomic mass is 35.5. The largest absolute Gasteiger partial charge is 0.321 e. The summed E-state index contributed by atoms with van der Waals surface area (Å²) in [6, 6.07) is 24.1. The fourth-order valence-corrected chi connectivity index (χ4v) is 5.12. The highest BCUT2D eigenvalue weighted by Crippen LogP contribution is 2.42. The Morgan fingerprint density at radius 2 is 1.79 bits per heavy atom. The lowest BCUT2D eigenvalue weighted by molar-refractivity contribution is -0.117. The Hall–Kier alpha value is -3.53. The second kappa shape index (κ2) is 10.2. The van der Waals surface area contributed by atoms with Crippen molar-refractivity contribution in [1.29, 1.82) is 5.26 Å². The number of carbonyl (C=O) groups is 2. The minimum absolute atomic E-state index is 0.104. The Morgan fingerprint density at radius 3 is 2.44 bits per heavy atom. The number of halogens is 1. The first-order valence-corrected chi connectivity index (χ1v) is 12.0. The van der Waals surface area contributed by atoms with Crippen molar-refractivity contribution in [3.63, 3.8) is 0 Å². The lowest BCUT2D eigenvalue weighted by atomic mass is 10.1. The number of aryl methyl sites for hydroxylation is 2. The second-order valence-corrected chi connectivity index (χ2v) is 9.61. The molecule has 170 valence electrons. The number of nitriles is 1. The predicted molar refractivity (Wildman–Crippen MR) is 138 cm³/mol. The summed E-state index contributed by atoms with van der Waals surface area (Å²) in [6.45, 7) is 3.87. The molecule has 1 fully saturated rings. The molecule has 1 N–H and O–H groups in total. The Morgan fingerprint density at radius 1 is 1.09 bits per heavy atom. The van der Waals surface area contributed by atoms with Crippen molar-refractivity contribution in [1.82, 2.24) is 0 Å². The van der Waals surface area contributed by atoms with Crippen LogP contribution in [0.5, 0.6) is 0 Å². The molecule has 3 aromatic rings. The molecule has 0 aromatic heterocycles. The van der Waals surface area contributed by atoms with E-state index in [-0.39, 0.29) is 11.5 Å². The van der Waals surface area contributed by atoms with Crippen LogP contribution < -0.4 is 10.2 Å². The topological polar surface area (TPSA) is 73.2 Å². The third-order valence-electron chi connectivity index (χ3n) is 5.49. The van der Waals surface area contributed by atoms with Crippen molar-refractivity contribution in [3.8, 4) is 6.07 Å². The number of thioether (sulfide) groups is 1. The lowest BCUT2D eigenvalue weighted by Gasteiger charge is -2.18. The normalized spacial score (nSPS) is 16.8. The molecule has 3 aromatic carbocycles. The summed E-state index contributed by atoms with van der Waals surface area (Å²) in [6.07, 6.45) is 0.425. The van der Waals surface area contributed by atoms with E-state index >= 15 is 0 Å². The molecule has 5 nitrogen and oxygen atoms in total. The molecule has 0 bridgehead atoms. The van der Waals surface area contributed by atoms with Gasteiger partial charge in [0.2, 0.25) is 5.91 Å². The monoisotopic (exact) mass is 487 g/mol. The molecule has 2 amide bonds. The Balaban J connectivity index is 1.70. The molecule has 4 rings (SSSR count). The van der Waals surface area contributed by atoms with Crippen LogP contribution in [0.25, 0.3) is 0 Å². The van der Waals surface area contributed by atoms with Crippen molar-refractivity contribution in [2.24, 2.45) is 0 Å². The molecule has 0 unspecified atom stereocenters. The number of carbonyl (C=O) groups excluding carboxylic acids is 2. The maximum Gasteiger partial charge on any atom is 0.269 e. The van der Waals surface area contributed by atoms with Crippen LogP contribution in [0, 0.1) is 25.2 Å². The van der Waals surface area contributed by atoms with Gasteiger partial charge in [0, 0.05) is 16.4 Å². The van der Waals surface area contributed by atoms with E-state index < -0.39 is 11.2 Å². The summed E-state index contributed by atoms with van der Waals surface area (Å²) in [5.41, 5.74) is 4.02. The van der Waals surface area contributed by atoms with Crippen molar-refractivity contribution >= 4 is 46.6 Å². The van der Waals surface area contributed by atoms with E-state index in [0.29, 0.717) is 27.8 Å². The average Bonchev–Trinajstić information content (AvgIpc) is 3.14. The zero-order valence-corrected chi connectivity index (χ0v) is 20.3. The number of para-hydroxylation sites is 1. The minimum Gasteiger partial charge on any atom is -0.321 e. The van der Waals surface area contributed by atoms with Gasteiger partial charge in [-0.15, -0.1) is 0 Å². The molecule has 0 aliphatic carbocycles. The third-order valence-corrected chi connectivity index (χ3v) is 7.16. The Labute approximate surface area is 208 Å². The molecule has 0 radical (unpaired) electrons. The Bertz CT molecular complexity index is 1310. The molecular weight excluding hydrogens is 466 g/mol. The zero-order chi connectivity index (χ0) is 24.2. The summed E-state index contributed by atoms with van der Waals surface area (Å²) in [5.74, 6) is -0.736. The van der Waals surface area contributed by atoms with E-state index in [2.05, 4.69) is 5.32 Å². The van der Waals surface area contributed by atoms with Crippen LogP contribution in [0.1, 0.15) is 16.7 Å². The summed E-state index contributed by atoms with van der Waals surface area (Å²) in [7, 11) is 0. The first-order valence-electron chi connectivity index (χ1n) is 10.7. The first kappa shape index (κ1) is 23.6. The number of nitrogens with zero attached hydrogens (tertiary/aromatic N) is 2. The van der Waals surface area contributed by atoms with Gasteiger partial charge in [0.15, 0.2) is 0 Å². The van der Waals surface area contributed by atoms with Gasteiger partial charge in [-0.25, -0.2) is 0 Å². The van der Waals surface area contributed by atoms with Gasteiger partial charge in [-0.1, -0.05) is 71.4 Å². The summed E-state index contributed by atoms with van der Waals surface area (Å²) in [5, 5.41) is 13.2. The van der Waals surface area contributed by atoms with Gasteiger partial charge in [0.1, 0.15) is 16.7 Å². The van der Waals surface area contributed by atoms with Crippen molar-refractivity contribution < 1.29 is 9.59 Å². The second-order valence-electron chi connectivity index (χ2n) is 8.02. The molecule has 7 heteroatoms. The molecule has 0 spiro atoms. The minimum atomic E-state index is -0.554. The summed E-state index contributed by atoms with van der Waals surface area (Å²) in [4.78, 5) is 28.1. The van der Waals surface area contributed by atoms with Crippen LogP contribution in [0.3, 0.4) is 0 Å². The van der Waals surface area contributed by atoms with Crippen molar-refractivity contribution in [3.05, 3.63) is 105 Å². The number of hydrogen-bond donors (Lipinski definition) is 1. The molecule has 0 saturated carbocycles. The van der Waals surface area contributed by atoms with E-state index in [0.717, 1.165) is 16.7 Å². The smallest absolute Gasteiger partial charge is 0.269 e. The fraction of sp³-hybridized carbons (Fsp3) is 0.148. The summed E-state index contributed by atoms with van der Waals surface area (Å²) < 4.78 is 0. The van der Waals surface area contributed by atoms with Crippen molar-refractivity contribution in [2.75, 3.05) is 10.2 Å². The van der Waals surface area contributed by atoms with E-state index in [9.17, 15) is 14.9 Å². The lowest BCUT2D eigenvalue weighted by Crippen LogP contribution is -2.30. The molecule has 1 atom stereocenters. The zero-order valence-electron chi connectivity index (χ0n) is 18.7. The number of rotatable bonds is 5. The van der Waals surface area contributed by atoms with Crippen LogP contribution in [0.4, 0.5) is 11.4 Å². The number of nitrogens with one attached hydrogen (secondary N) is 1. The van der Waals surface area contributed by atoms with Gasteiger partial charge < -0.3 is 5.32 Å². The number of benzene rings is 3. The Kier molecular flexibility index (Phi) is 7.06. The van der Waals surface area contributed by atoms with Gasteiger partial charge in [-0.2, -0.15) is 5.26 Å². The van der Waals surface area contributed by atoms with Crippen LogP contribution in [0.2, 0.25) is 5.02 Å². The van der Waals surface area contributed by atoms with Crippen LogP contribution >= 0.6 is 23.4 Å². The molecular formula is C27H22ClN3O2S. The molecule has 1 aliphatic rings. The van der Waals surface area contributed by atoms with E-state index in [1.807, 2.05) is 68.4 Å². The molecule has 34 heavy (non-hydrogen) atoms. The highest BCUT2D eigenvalue weighted by molar-refractivity contribution is 8.05. The third kappa shape index (κ3) is 5.01. The fourth-order valence-electron chi connectivity index (χ4n) is 3.61. The molecule has 1 saturated heterocycles. The quantitative estimate of drug-likeness (QED) is 0.352. The van der Waals surface area contributed by atoms with E-state index in [1.54, 1.807) is 24.3 Å². The van der Waals surface area contributed by atoms with Gasteiger partial charge in [0.05, 0.1) is 5.25 Å². The maximum absolute atomic E-state index is 13.5. The van der Waals surface area contributed by atoms with Gasteiger partial charge in [-0.3, -0.25) is 14.5 Å². The predicted octanol–water partition coefficient (Wildman–Crippen LogP) is 6.02. The SMILES string of the molecule is Cc1ccc(NC(=O)/C(C#N)=C2\S[C@H](Cc3ccc(C)c(Cl)c3)C(=O)N2c2ccccc2)cc1. The van der Waals surface area contributed by atoms with Gasteiger partial charge >= 0.3 is 0 Å². The van der Waals surface area contributed by atoms with Crippen LogP contribution in [-0.4, -0.2) is 17.1 Å². The standard InChI is InChI=1S/C27H22ClN3O2S/c1-17-8-12-20(13-9-17)30-25(32)22(16-29)27-31(21-6-4-3-5-7-21)26(33)24(34-27)15-19-11-10-18(2)23(28)14-19/h3-14,24H,15H2,1-2H3,(H,30,32)/b27-22-/t24-/m1/s1. The number of anilines is 2. The molecule has 1 aliphatic heterocycles. The van der Waals surface area contributed by atoms with Crippen LogP contribution in [-0.2, 0) is 16.0 Å². The van der Waals surface area contributed by atoms with Crippen LogP contribution in [0.15, 0.2) is 83.4 Å². The van der Waals surface area contributed by atoms with Gasteiger partial charge in [-0.05, 0) is 61.7 Å². The maximum atomic E-state index is 13.5. The van der Waals surface area contributed by atoms with E-state index in [1.165, 1.54) is 16.7 Å².